The van der Waals surface area contributed by atoms with Gasteiger partial charge in [0.05, 0.1) is 6.33 Å². The summed E-state index contributed by atoms with van der Waals surface area (Å²) in [5.74, 6) is 0.605. The number of rotatable bonds is 3. The summed E-state index contributed by atoms with van der Waals surface area (Å²) in [4.78, 5) is 7.76. The Hall–Kier alpha value is -1.45. The number of nitrogens with two attached hydrogens (primary N) is 1. The van der Waals surface area contributed by atoms with Gasteiger partial charge in [-0.2, -0.15) is 0 Å². The molecular weight excluding hydrogens is 181 g/mol. The van der Waals surface area contributed by atoms with Gasteiger partial charge in [-0.05, 0) is 12.0 Å². The van der Waals surface area contributed by atoms with E-state index in [0.717, 1.165) is 5.56 Å². The molecule has 0 fully saturated rings. The molecule has 0 bridgehead atoms. The predicted octanol–water partition coefficient (Wildman–Crippen LogP) is 2.28. The average Bonchev–Trinajstić information content (AvgIpc) is 2.15. The van der Waals surface area contributed by atoms with E-state index in [1.54, 1.807) is 6.20 Å². The summed E-state index contributed by atoms with van der Waals surface area (Å²) in [6.45, 7) is 3.99. The van der Waals surface area contributed by atoms with Crippen LogP contribution < -0.4 is 5.73 Å². The lowest BCUT2D eigenvalue weighted by Crippen LogP contribution is -2.08. The lowest BCUT2D eigenvalue weighted by molar-refractivity contribution is 0.566. The van der Waals surface area contributed by atoms with E-state index in [0.29, 0.717) is 12.1 Å². The van der Waals surface area contributed by atoms with E-state index >= 15 is 0 Å². The molecule has 0 aliphatic rings. The van der Waals surface area contributed by atoms with E-state index < -0.39 is 0 Å². The van der Waals surface area contributed by atoms with Gasteiger partial charge in [0.15, 0.2) is 0 Å². The Morgan fingerprint density at radius 3 is 2.71 bits per heavy atom. The summed E-state index contributed by atoms with van der Waals surface area (Å²) in [7, 11) is 0. The number of anilines is 1. The fraction of sp³-hybridized carbons (Fsp3) is 0.400. The van der Waals surface area contributed by atoms with Crippen LogP contribution in [0.4, 0.5) is 10.2 Å². The maximum absolute atomic E-state index is 12.2. The molecule has 3 nitrogen and oxygen atoms in total. The number of nitrogens with zero attached hydrogens (tertiary/aromatic N) is 2. The minimum atomic E-state index is -0.0683. The summed E-state index contributed by atoms with van der Waals surface area (Å²) in [5.41, 5.74) is 6.46. The molecule has 14 heavy (non-hydrogen) atoms. The number of hydrogen-bond acceptors (Lipinski definition) is 3. The highest BCUT2D eigenvalue weighted by Gasteiger charge is 2.16. The zero-order valence-electron chi connectivity index (χ0n) is 8.31. The third-order valence-corrected chi connectivity index (χ3v) is 2.13. The van der Waals surface area contributed by atoms with Gasteiger partial charge in [-0.15, -0.1) is 0 Å². The van der Waals surface area contributed by atoms with Gasteiger partial charge in [-0.25, -0.2) is 14.4 Å². The van der Waals surface area contributed by atoms with Crippen molar-refractivity contribution < 1.29 is 4.39 Å². The van der Waals surface area contributed by atoms with E-state index in [9.17, 15) is 4.39 Å². The Bertz CT molecular complexity index is 323. The van der Waals surface area contributed by atoms with E-state index in [1.165, 1.54) is 12.4 Å². The minimum Gasteiger partial charge on any atom is -0.383 e. The molecule has 1 rings (SSSR count). The topological polar surface area (TPSA) is 51.8 Å². The molecule has 2 N–H and O–H groups in total. The largest absolute Gasteiger partial charge is 0.383 e. The fourth-order valence-corrected chi connectivity index (χ4v) is 1.37. The van der Waals surface area contributed by atoms with Gasteiger partial charge >= 0.3 is 0 Å². The first kappa shape index (κ1) is 10.6. The molecule has 4 heteroatoms. The first-order valence-corrected chi connectivity index (χ1v) is 4.49. The molecule has 1 heterocycles. The molecule has 1 aromatic heterocycles. The second kappa shape index (κ2) is 4.69. The average molecular weight is 195 g/mol. The van der Waals surface area contributed by atoms with Crippen molar-refractivity contribution in [3.8, 4) is 0 Å². The number of aromatic nitrogens is 2. The number of hydrogen-bond donors (Lipinski definition) is 1. The molecule has 0 saturated carbocycles. The standard InChI is InChI=1S/C10H14FN3/c1-7(2)8(3-4-11)9-5-13-6-14-10(9)12/h3-8H,1-2H3,(H2,12,13,14)/b4-3+. The monoisotopic (exact) mass is 195 g/mol. The van der Waals surface area contributed by atoms with Crippen LogP contribution in [0.5, 0.6) is 0 Å². The Labute approximate surface area is 82.9 Å². The zero-order chi connectivity index (χ0) is 10.6. The van der Waals surface area contributed by atoms with E-state index in [-0.39, 0.29) is 11.8 Å². The van der Waals surface area contributed by atoms with Crippen molar-refractivity contribution in [2.24, 2.45) is 5.92 Å². The second-order valence-electron chi connectivity index (χ2n) is 3.45. The molecule has 0 saturated heterocycles. The van der Waals surface area contributed by atoms with Crippen LogP contribution in [0.2, 0.25) is 0 Å². The van der Waals surface area contributed by atoms with Crippen LogP contribution in [0, 0.1) is 5.92 Å². The van der Waals surface area contributed by atoms with E-state index in [2.05, 4.69) is 9.97 Å². The van der Waals surface area contributed by atoms with Gasteiger partial charge in [0.2, 0.25) is 0 Å². The normalized spacial score (nSPS) is 13.7. The predicted molar refractivity (Wildman–Crippen MR) is 54.3 cm³/mol. The molecule has 76 valence electrons. The summed E-state index contributed by atoms with van der Waals surface area (Å²) in [6, 6.07) is 0. The Morgan fingerprint density at radius 2 is 2.21 bits per heavy atom. The van der Waals surface area contributed by atoms with Crippen molar-refractivity contribution in [2.45, 2.75) is 19.8 Å². The van der Waals surface area contributed by atoms with Crippen molar-refractivity contribution in [1.29, 1.82) is 0 Å². The molecule has 0 aliphatic heterocycles. The Balaban J connectivity index is 3.05. The lowest BCUT2D eigenvalue weighted by Gasteiger charge is -2.17. The van der Waals surface area contributed by atoms with Gasteiger partial charge < -0.3 is 5.73 Å². The SMILES string of the molecule is CC(C)C(/C=C/F)c1cncnc1N. The highest BCUT2D eigenvalue weighted by molar-refractivity contribution is 5.41. The molecule has 0 spiro atoms. The molecule has 0 aliphatic carbocycles. The smallest absolute Gasteiger partial charge is 0.130 e. The highest BCUT2D eigenvalue weighted by atomic mass is 19.1. The van der Waals surface area contributed by atoms with Crippen molar-refractivity contribution >= 4 is 5.82 Å². The van der Waals surface area contributed by atoms with E-state index in [4.69, 9.17) is 5.73 Å². The van der Waals surface area contributed by atoms with Crippen molar-refractivity contribution in [2.75, 3.05) is 5.73 Å². The van der Waals surface area contributed by atoms with Gasteiger partial charge in [-0.1, -0.05) is 13.8 Å². The quantitative estimate of drug-likeness (QED) is 0.805. The lowest BCUT2D eigenvalue weighted by atomic mass is 9.90. The van der Waals surface area contributed by atoms with Crippen molar-refractivity contribution in [3.05, 3.63) is 30.5 Å². The summed E-state index contributed by atoms with van der Waals surface area (Å²) in [6.07, 6.45) is 5.03. The number of allylic oxidation sites excluding steroid dienone is 1. The maximum Gasteiger partial charge on any atom is 0.130 e. The van der Waals surface area contributed by atoms with Crippen molar-refractivity contribution in [3.63, 3.8) is 0 Å². The summed E-state index contributed by atoms with van der Waals surface area (Å²) >= 11 is 0. The van der Waals surface area contributed by atoms with Crippen LogP contribution in [0.1, 0.15) is 25.3 Å². The third kappa shape index (κ3) is 2.28. The number of halogens is 1. The van der Waals surface area contributed by atoms with Crippen molar-refractivity contribution in [1.82, 2.24) is 9.97 Å². The summed E-state index contributed by atoms with van der Waals surface area (Å²) in [5, 5.41) is 0. The molecule has 1 atom stereocenters. The second-order valence-corrected chi connectivity index (χ2v) is 3.45. The summed E-state index contributed by atoms with van der Waals surface area (Å²) < 4.78 is 12.2. The molecular formula is C10H14FN3. The van der Waals surface area contributed by atoms with Crippen LogP contribution in [0.15, 0.2) is 24.9 Å². The molecule has 1 aromatic rings. The molecule has 0 radical (unpaired) electrons. The van der Waals surface area contributed by atoms with E-state index in [1.807, 2.05) is 13.8 Å². The third-order valence-electron chi connectivity index (χ3n) is 2.13. The molecule has 1 unspecified atom stereocenters. The van der Waals surface area contributed by atoms with Crippen LogP contribution in [0.3, 0.4) is 0 Å². The highest BCUT2D eigenvalue weighted by Crippen LogP contribution is 2.28. The fourth-order valence-electron chi connectivity index (χ4n) is 1.37. The minimum absolute atomic E-state index is 0.0683. The van der Waals surface area contributed by atoms with Gasteiger partial charge in [0, 0.05) is 17.7 Å². The maximum atomic E-state index is 12.2. The van der Waals surface area contributed by atoms with Gasteiger partial charge in [-0.3, -0.25) is 0 Å². The van der Waals surface area contributed by atoms with Crippen LogP contribution in [0.25, 0.3) is 0 Å². The van der Waals surface area contributed by atoms with Crippen LogP contribution in [-0.4, -0.2) is 9.97 Å². The first-order chi connectivity index (χ1) is 6.66. The van der Waals surface area contributed by atoms with Gasteiger partial charge in [0.25, 0.3) is 0 Å². The zero-order valence-corrected chi connectivity index (χ0v) is 8.31. The Kier molecular flexibility index (Phi) is 3.56. The number of nitrogen functional groups attached to an aromatic ring is 1. The molecule has 0 aromatic carbocycles. The van der Waals surface area contributed by atoms with Gasteiger partial charge in [0.1, 0.15) is 12.1 Å². The Morgan fingerprint density at radius 1 is 1.50 bits per heavy atom. The first-order valence-electron chi connectivity index (χ1n) is 4.49. The van der Waals surface area contributed by atoms with Crippen LogP contribution in [-0.2, 0) is 0 Å². The van der Waals surface area contributed by atoms with Crippen LogP contribution >= 0.6 is 0 Å². The molecule has 0 amide bonds.